The smallest absolute Gasteiger partial charge is 0.108 e. The molecule has 14 heavy (non-hydrogen) atoms. The molecule has 0 bridgehead atoms. The molecule has 4 nitrogen and oxygen atoms in total. The van der Waals surface area contributed by atoms with E-state index in [1.807, 2.05) is 0 Å². The summed E-state index contributed by atoms with van der Waals surface area (Å²) in [5.74, 6) is 0. The molecule has 0 fully saturated rings. The topological polar surface area (TPSA) is 65.4 Å². The van der Waals surface area contributed by atoms with Gasteiger partial charge in [0.15, 0.2) is 0 Å². The number of aliphatic hydroxyl groups excluding tert-OH is 2. The van der Waals surface area contributed by atoms with Gasteiger partial charge in [0.2, 0.25) is 0 Å². The molecule has 1 aromatic heterocycles. The quantitative estimate of drug-likeness (QED) is 0.689. The fourth-order valence-electron chi connectivity index (χ4n) is 1.11. The molecule has 0 spiro atoms. The van der Waals surface area contributed by atoms with Crippen molar-refractivity contribution in [2.45, 2.75) is 12.2 Å². The Morgan fingerprint density at radius 1 is 1.50 bits per heavy atom. The van der Waals surface area contributed by atoms with Crippen LogP contribution in [0.25, 0.3) is 0 Å². The summed E-state index contributed by atoms with van der Waals surface area (Å²) in [6, 6.07) is 3.45. The summed E-state index contributed by atoms with van der Waals surface area (Å²) < 4.78 is 0.705. The van der Waals surface area contributed by atoms with Gasteiger partial charge in [0.05, 0.1) is 6.10 Å². The van der Waals surface area contributed by atoms with Crippen molar-refractivity contribution in [2.24, 2.45) is 0 Å². The van der Waals surface area contributed by atoms with Crippen molar-refractivity contribution >= 4 is 15.9 Å². The van der Waals surface area contributed by atoms with E-state index in [1.54, 1.807) is 19.2 Å². The van der Waals surface area contributed by atoms with Crippen LogP contribution in [0.2, 0.25) is 0 Å². The number of hydrogen-bond donors (Lipinski definition) is 3. The molecule has 78 valence electrons. The van der Waals surface area contributed by atoms with Crippen LogP contribution in [0.5, 0.6) is 0 Å². The highest BCUT2D eigenvalue weighted by atomic mass is 79.9. The predicted molar refractivity (Wildman–Crippen MR) is 56.8 cm³/mol. The van der Waals surface area contributed by atoms with Gasteiger partial charge >= 0.3 is 0 Å². The van der Waals surface area contributed by atoms with Crippen molar-refractivity contribution in [3.05, 3.63) is 28.5 Å². The molecular weight excluding hydrogens is 248 g/mol. The Bertz CT molecular complexity index is 279. The fraction of sp³-hybridized carbons (Fsp3) is 0.444. The largest absolute Gasteiger partial charge is 0.389 e. The van der Waals surface area contributed by atoms with Crippen molar-refractivity contribution in [1.29, 1.82) is 0 Å². The van der Waals surface area contributed by atoms with Gasteiger partial charge in [-0.3, -0.25) is 0 Å². The molecule has 0 saturated carbocycles. The van der Waals surface area contributed by atoms with E-state index in [2.05, 4.69) is 26.2 Å². The van der Waals surface area contributed by atoms with Gasteiger partial charge in [0.1, 0.15) is 10.7 Å². The van der Waals surface area contributed by atoms with Gasteiger partial charge in [-0.15, -0.1) is 0 Å². The average Bonchev–Trinajstić information content (AvgIpc) is 2.18. The van der Waals surface area contributed by atoms with E-state index in [1.165, 1.54) is 6.20 Å². The number of nitrogens with zero attached hydrogens (tertiary/aromatic N) is 1. The molecule has 0 aliphatic rings. The molecule has 0 radical (unpaired) electrons. The number of rotatable bonds is 4. The third-order valence-corrected chi connectivity index (χ3v) is 2.34. The summed E-state index contributed by atoms with van der Waals surface area (Å²) in [5.41, 5.74) is 0.607. The van der Waals surface area contributed by atoms with Crippen LogP contribution in [0.15, 0.2) is 22.9 Å². The molecule has 1 rings (SSSR count). The summed E-state index contributed by atoms with van der Waals surface area (Å²) in [7, 11) is 1.72. The second-order valence-electron chi connectivity index (χ2n) is 2.98. The van der Waals surface area contributed by atoms with E-state index in [0.29, 0.717) is 16.7 Å². The Balaban J connectivity index is 2.68. The molecule has 0 aliphatic heterocycles. The van der Waals surface area contributed by atoms with Gasteiger partial charge in [-0.25, -0.2) is 4.98 Å². The van der Waals surface area contributed by atoms with Crippen LogP contribution < -0.4 is 5.32 Å². The van der Waals surface area contributed by atoms with Crippen molar-refractivity contribution in [3.63, 3.8) is 0 Å². The zero-order valence-corrected chi connectivity index (χ0v) is 9.40. The first kappa shape index (κ1) is 11.6. The van der Waals surface area contributed by atoms with Crippen molar-refractivity contribution in [3.8, 4) is 0 Å². The lowest BCUT2D eigenvalue weighted by Gasteiger charge is -2.17. The van der Waals surface area contributed by atoms with Crippen LogP contribution in [0.4, 0.5) is 0 Å². The number of nitrogens with one attached hydrogen (secondary N) is 1. The number of aromatic nitrogens is 1. The highest BCUT2D eigenvalue weighted by Crippen LogP contribution is 2.17. The number of halogens is 1. The highest BCUT2D eigenvalue weighted by Gasteiger charge is 2.17. The first-order chi connectivity index (χ1) is 6.65. The van der Waals surface area contributed by atoms with Gasteiger partial charge in [-0.1, -0.05) is 6.07 Å². The summed E-state index contributed by atoms with van der Waals surface area (Å²) in [5, 5.41) is 21.9. The van der Waals surface area contributed by atoms with Gasteiger partial charge in [0, 0.05) is 18.3 Å². The molecule has 2 unspecified atom stereocenters. The maximum absolute atomic E-state index is 9.67. The molecule has 2 atom stereocenters. The molecule has 0 aliphatic carbocycles. The van der Waals surface area contributed by atoms with Gasteiger partial charge in [-0.2, -0.15) is 0 Å². The fourth-order valence-corrected chi connectivity index (χ4v) is 1.34. The van der Waals surface area contributed by atoms with Crippen LogP contribution in [0, 0.1) is 0 Å². The summed E-state index contributed by atoms with van der Waals surface area (Å²) in [4.78, 5) is 3.97. The first-order valence-corrected chi connectivity index (χ1v) is 5.06. The lowest BCUT2D eigenvalue weighted by Crippen LogP contribution is -2.29. The number of likely N-dealkylation sites (N-methyl/N-ethyl adjacent to an activating group) is 1. The van der Waals surface area contributed by atoms with E-state index in [-0.39, 0.29) is 0 Å². The Hall–Kier alpha value is -0.490. The van der Waals surface area contributed by atoms with E-state index >= 15 is 0 Å². The first-order valence-electron chi connectivity index (χ1n) is 4.27. The van der Waals surface area contributed by atoms with Crippen LogP contribution in [-0.2, 0) is 0 Å². The van der Waals surface area contributed by atoms with Crippen molar-refractivity contribution in [1.82, 2.24) is 10.3 Å². The SMILES string of the molecule is CNCC(O)C(O)c1ccc(Br)nc1. The lowest BCUT2D eigenvalue weighted by atomic mass is 10.1. The third-order valence-electron chi connectivity index (χ3n) is 1.87. The monoisotopic (exact) mass is 260 g/mol. The van der Waals surface area contributed by atoms with E-state index < -0.39 is 12.2 Å². The Morgan fingerprint density at radius 3 is 2.71 bits per heavy atom. The minimum Gasteiger partial charge on any atom is -0.389 e. The van der Waals surface area contributed by atoms with E-state index in [4.69, 9.17) is 0 Å². The Morgan fingerprint density at radius 2 is 2.21 bits per heavy atom. The highest BCUT2D eigenvalue weighted by molar-refractivity contribution is 9.10. The van der Waals surface area contributed by atoms with E-state index in [0.717, 1.165) is 0 Å². The summed E-state index contributed by atoms with van der Waals surface area (Å²) in [6.07, 6.45) is -0.181. The zero-order valence-electron chi connectivity index (χ0n) is 7.81. The number of hydrogen-bond acceptors (Lipinski definition) is 4. The molecule has 1 aromatic rings. The third kappa shape index (κ3) is 3.02. The maximum atomic E-state index is 9.67. The molecule has 0 amide bonds. The molecular formula is C9H13BrN2O2. The second-order valence-corrected chi connectivity index (χ2v) is 3.80. The molecule has 5 heteroatoms. The van der Waals surface area contributed by atoms with Crippen LogP contribution in [0.3, 0.4) is 0 Å². The van der Waals surface area contributed by atoms with Crippen LogP contribution in [-0.4, -0.2) is 34.9 Å². The molecule has 0 aromatic carbocycles. The lowest BCUT2D eigenvalue weighted by molar-refractivity contribution is 0.0200. The Labute approximate surface area is 91.1 Å². The Kier molecular flexibility index (Phi) is 4.47. The van der Waals surface area contributed by atoms with Crippen LogP contribution >= 0.6 is 15.9 Å². The summed E-state index contributed by atoms with van der Waals surface area (Å²) in [6.45, 7) is 0.344. The van der Waals surface area contributed by atoms with Gasteiger partial charge in [-0.05, 0) is 29.0 Å². The van der Waals surface area contributed by atoms with Crippen molar-refractivity contribution < 1.29 is 10.2 Å². The summed E-state index contributed by atoms with van der Waals surface area (Å²) >= 11 is 3.19. The van der Waals surface area contributed by atoms with E-state index in [9.17, 15) is 10.2 Å². The average molecular weight is 261 g/mol. The maximum Gasteiger partial charge on any atom is 0.108 e. The minimum atomic E-state index is -0.900. The normalized spacial score (nSPS) is 15.1. The standard InChI is InChI=1S/C9H13BrN2O2/c1-11-5-7(13)9(14)6-2-3-8(10)12-4-6/h2-4,7,9,11,13-14H,5H2,1H3. The molecule has 3 N–H and O–H groups in total. The predicted octanol–water partition coefficient (Wildman–Crippen LogP) is 0.458. The second kappa shape index (κ2) is 5.41. The van der Waals surface area contributed by atoms with Crippen LogP contribution in [0.1, 0.15) is 11.7 Å². The van der Waals surface area contributed by atoms with Gasteiger partial charge in [0.25, 0.3) is 0 Å². The molecule has 0 saturated heterocycles. The number of pyridine rings is 1. The van der Waals surface area contributed by atoms with Gasteiger partial charge < -0.3 is 15.5 Å². The molecule has 1 heterocycles. The van der Waals surface area contributed by atoms with Crippen molar-refractivity contribution in [2.75, 3.05) is 13.6 Å². The minimum absolute atomic E-state index is 0.344. The number of aliphatic hydroxyl groups is 2. The zero-order chi connectivity index (χ0) is 10.6.